The van der Waals surface area contributed by atoms with Crippen molar-refractivity contribution >= 4 is 27.8 Å². The number of thiophene rings is 1. The van der Waals surface area contributed by atoms with Crippen LogP contribution in [0.3, 0.4) is 0 Å². The maximum absolute atomic E-state index is 11.4. The Balaban J connectivity index is 2.29. The number of nitro groups is 1. The zero-order chi connectivity index (χ0) is 13.8. The highest BCUT2D eigenvalue weighted by atomic mass is 32.1. The van der Waals surface area contributed by atoms with Crippen LogP contribution in [0, 0.1) is 10.1 Å². The summed E-state index contributed by atoms with van der Waals surface area (Å²) in [5, 5.41) is 11.8. The molecule has 0 aromatic carbocycles. The average molecular weight is 282 g/mol. The molecule has 0 amide bonds. The van der Waals surface area contributed by atoms with E-state index < -0.39 is 0 Å². The maximum Gasteiger partial charge on any atom is 0.304 e. The summed E-state index contributed by atoms with van der Waals surface area (Å²) < 4.78 is 0. The third-order valence-electron chi connectivity index (χ3n) is 3.38. The normalized spacial score (nSPS) is 16.8. The summed E-state index contributed by atoms with van der Waals surface area (Å²) >= 11 is 1.25. The maximum atomic E-state index is 11.4. The Labute approximate surface area is 116 Å². The molecule has 2 heterocycles. The molecule has 2 rings (SSSR count). The van der Waals surface area contributed by atoms with Crippen LogP contribution in [-0.4, -0.2) is 23.8 Å². The Kier molecular flexibility index (Phi) is 4.52. The van der Waals surface area contributed by atoms with Crippen LogP contribution in [0.4, 0.5) is 10.7 Å². The van der Waals surface area contributed by atoms with Crippen LogP contribution in [0.1, 0.15) is 48.7 Å². The second-order valence-corrected chi connectivity index (χ2v) is 5.90. The van der Waals surface area contributed by atoms with E-state index in [2.05, 4.69) is 4.90 Å². The molecule has 0 atom stereocenters. The summed E-state index contributed by atoms with van der Waals surface area (Å²) in [5.74, 6) is -0.105. The first-order valence-electron chi connectivity index (χ1n) is 6.63. The van der Waals surface area contributed by atoms with E-state index in [1.165, 1.54) is 43.6 Å². The van der Waals surface area contributed by atoms with Gasteiger partial charge in [0.15, 0.2) is 10.8 Å². The van der Waals surface area contributed by atoms with Crippen LogP contribution in [0.5, 0.6) is 0 Å². The number of ketones is 1. The van der Waals surface area contributed by atoms with E-state index in [0.717, 1.165) is 25.9 Å². The Bertz CT molecular complexity index is 476. The van der Waals surface area contributed by atoms with Crippen molar-refractivity contribution in [3.8, 4) is 0 Å². The molecule has 0 spiro atoms. The van der Waals surface area contributed by atoms with Gasteiger partial charge < -0.3 is 4.90 Å². The zero-order valence-corrected chi connectivity index (χ0v) is 11.9. The van der Waals surface area contributed by atoms with Gasteiger partial charge in [-0.15, -0.1) is 11.3 Å². The number of hydrogen-bond donors (Lipinski definition) is 0. The molecule has 1 aromatic rings. The van der Waals surface area contributed by atoms with Gasteiger partial charge in [-0.2, -0.15) is 0 Å². The van der Waals surface area contributed by atoms with Crippen molar-refractivity contribution in [3.05, 3.63) is 21.1 Å². The highest BCUT2D eigenvalue weighted by Crippen LogP contribution is 2.38. The van der Waals surface area contributed by atoms with Crippen molar-refractivity contribution < 1.29 is 9.72 Å². The van der Waals surface area contributed by atoms with E-state index in [1.807, 2.05) is 0 Å². The topological polar surface area (TPSA) is 63.4 Å². The molecule has 1 aromatic heterocycles. The van der Waals surface area contributed by atoms with Gasteiger partial charge in [-0.05, 0) is 19.8 Å². The van der Waals surface area contributed by atoms with Gasteiger partial charge in [-0.3, -0.25) is 14.9 Å². The smallest absolute Gasteiger partial charge is 0.304 e. The number of anilines is 1. The van der Waals surface area contributed by atoms with Crippen LogP contribution in [0.25, 0.3) is 0 Å². The number of rotatable bonds is 3. The predicted molar refractivity (Wildman–Crippen MR) is 76.3 cm³/mol. The summed E-state index contributed by atoms with van der Waals surface area (Å²) in [4.78, 5) is 24.7. The zero-order valence-electron chi connectivity index (χ0n) is 11.1. The quantitative estimate of drug-likeness (QED) is 0.482. The van der Waals surface area contributed by atoms with Crippen molar-refractivity contribution in [3.63, 3.8) is 0 Å². The molecule has 1 aliphatic rings. The highest BCUT2D eigenvalue weighted by molar-refractivity contribution is 7.18. The van der Waals surface area contributed by atoms with Crippen LogP contribution in [-0.2, 0) is 0 Å². The lowest BCUT2D eigenvalue weighted by molar-refractivity contribution is -0.383. The van der Waals surface area contributed by atoms with E-state index in [4.69, 9.17) is 0 Å². The molecule has 0 bridgehead atoms. The summed E-state index contributed by atoms with van der Waals surface area (Å²) in [5.41, 5.74) is 0.0794. The van der Waals surface area contributed by atoms with E-state index in [-0.39, 0.29) is 16.4 Å². The molecule has 0 aliphatic carbocycles. The van der Waals surface area contributed by atoms with E-state index >= 15 is 0 Å². The number of Topliss-reactive ketones (excluding diaryl/α,β-unsaturated/α-hetero) is 1. The molecule has 0 unspecified atom stereocenters. The van der Waals surface area contributed by atoms with Crippen LogP contribution >= 0.6 is 11.3 Å². The fourth-order valence-corrected chi connectivity index (χ4v) is 3.43. The minimum Gasteiger partial charge on any atom is -0.358 e. The van der Waals surface area contributed by atoms with E-state index in [1.54, 1.807) is 0 Å². The van der Waals surface area contributed by atoms with Gasteiger partial charge in [0.1, 0.15) is 0 Å². The lowest BCUT2D eigenvalue weighted by Crippen LogP contribution is -2.26. The minimum atomic E-state index is -0.378. The predicted octanol–water partition coefficient (Wildman–Crippen LogP) is 3.63. The molecule has 104 valence electrons. The molecular formula is C13H18N2O3S. The van der Waals surface area contributed by atoms with Crippen LogP contribution in [0.2, 0.25) is 0 Å². The van der Waals surface area contributed by atoms with Crippen molar-refractivity contribution in [2.75, 3.05) is 18.0 Å². The molecule has 1 saturated heterocycles. The molecule has 0 saturated carbocycles. The molecule has 1 aliphatic heterocycles. The molecule has 6 heteroatoms. The van der Waals surface area contributed by atoms with Gasteiger partial charge in [0, 0.05) is 19.2 Å². The Morgan fingerprint density at radius 2 is 1.84 bits per heavy atom. The first kappa shape index (κ1) is 14.0. The summed E-state index contributed by atoms with van der Waals surface area (Å²) in [7, 11) is 0. The highest BCUT2D eigenvalue weighted by Gasteiger charge is 2.25. The fourth-order valence-electron chi connectivity index (χ4n) is 2.35. The number of hydrogen-bond acceptors (Lipinski definition) is 5. The molecule has 5 nitrogen and oxygen atoms in total. The lowest BCUT2D eigenvalue weighted by Gasteiger charge is -2.24. The van der Waals surface area contributed by atoms with Gasteiger partial charge in [0.2, 0.25) is 0 Å². The molecule has 19 heavy (non-hydrogen) atoms. The number of nitrogens with zero attached hydrogens (tertiary/aromatic N) is 2. The molecular weight excluding hydrogens is 264 g/mol. The Hall–Kier alpha value is -1.43. The van der Waals surface area contributed by atoms with Crippen molar-refractivity contribution in [1.82, 2.24) is 0 Å². The standard InChI is InChI=1S/C13H18N2O3S/c1-10(16)12-9-11(15(17)18)13(19-12)14-7-5-3-2-4-6-8-14/h9H,2-8H2,1H3. The van der Waals surface area contributed by atoms with Gasteiger partial charge in [0.05, 0.1) is 9.80 Å². The summed E-state index contributed by atoms with van der Waals surface area (Å²) in [6, 6.07) is 1.42. The van der Waals surface area contributed by atoms with Gasteiger partial charge in [-0.1, -0.05) is 19.3 Å². The first-order chi connectivity index (χ1) is 9.09. The lowest BCUT2D eigenvalue weighted by atomic mass is 10.1. The number of carbonyl (C=O) groups is 1. The monoisotopic (exact) mass is 282 g/mol. The van der Waals surface area contributed by atoms with Gasteiger partial charge in [-0.25, -0.2) is 0 Å². The average Bonchev–Trinajstić information content (AvgIpc) is 2.73. The van der Waals surface area contributed by atoms with E-state index in [9.17, 15) is 14.9 Å². The van der Waals surface area contributed by atoms with Gasteiger partial charge in [0.25, 0.3) is 0 Å². The van der Waals surface area contributed by atoms with E-state index in [0.29, 0.717) is 9.88 Å². The molecule has 0 N–H and O–H groups in total. The number of carbonyl (C=O) groups excluding carboxylic acids is 1. The first-order valence-corrected chi connectivity index (χ1v) is 7.45. The summed E-state index contributed by atoms with van der Waals surface area (Å²) in [6.45, 7) is 3.14. The third kappa shape index (κ3) is 3.32. The second-order valence-electron chi connectivity index (χ2n) is 4.87. The SMILES string of the molecule is CC(=O)c1cc([N+](=O)[O-])c(N2CCCCCCC2)s1. The minimum absolute atomic E-state index is 0.0794. The van der Waals surface area contributed by atoms with Gasteiger partial charge >= 0.3 is 5.69 Å². The third-order valence-corrected chi connectivity index (χ3v) is 4.67. The van der Waals surface area contributed by atoms with Crippen molar-refractivity contribution in [1.29, 1.82) is 0 Å². The van der Waals surface area contributed by atoms with Crippen LogP contribution in [0.15, 0.2) is 6.07 Å². The van der Waals surface area contributed by atoms with Crippen LogP contribution < -0.4 is 4.90 Å². The molecule has 1 fully saturated rings. The Morgan fingerprint density at radius 1 is 1.26 bits per heavy atom. The second kappa shape index (κ2) is 6.14. The van der Waals surface area contributed by atoms with Crippen molar-refractivity contribution in [2.24, 2.45) is 0 Å². The van der Waals surface area contributed by atoms with Crippen molar-refractivity contribution in [2.45, 2.75) is 39.0 Å². The fraction of sp³-hybridized carbons (Fsp3) is 0.615. The largest absolute Gasteiger partial charge is 0.358 e. The Morgan fingerprint density at radius 3 is 2.37 bits per heavy atom. The molecule has 0 radical (unpaired) electrons. The summed E-state index contributed by atoms with van der Waals surface area (Å²) in [6.07, 6.45) is 5.72.